The van der Waals surface area contributed by atoms with Crippen LogP contribution in [0, 0.1) is 0 Å². The van der Waals surface area contributed by atoms with Crippen LogP contribution in [0.3, 0.4) is 0 Å². The third-order valence-corrected chi connectivity index (χ3v) is 3.05. The second kappa shape index (κ2) is 5.76. The summed E-state index contributed by atoms with van der Waals surface area (Å²) in [5, 5.41) is 9.46. The van der Waals surface area contributed by atoms with Gasteiger partial charge in [-0.1, -0.05) is 11.6 Å². The average Bonchev–Trinajstić information content (AvgIpc) is 2.78. The molecule has 0 aliphatic carbocycles. The lowest BCUT2D eigenvalue weighted by molar-refractivity contribution is -0.137. The normalized spacial score (nSPS) is 11.5. The first-order valence-electron chi connectivity index (χ1n) is 5.97. The van der Waals surface area contributed by atoms with E-state index in [0.29, 0.717) is 23.6 Å². The lowest BCUT2D eigenvalue weighted by atomic mass is 10.3. The molecule has 0 aromatic carbocycles. The fraction of sp³-hybridized carbons (Fsp3) is 0.364. The number of anilines is 3. The highest BCUT2D eigenvalue weighted by Gasteiger charge is 2.35. The van der Waals surface area contributed by atoms with Crippen molar-refractivity contribution in [2.24, 2.45) is 0 Å². The van der Waals surface area contributed by atoms with Gasteiger partial charge < -0.3 is 10.6 Å². The number of alkyl halides is 3. The lowest BCUT2D eigenvalue weighted by Crippen LogP contribution is -2.12. The number of nitrogens with one attached hydrogen (secondary N) is 2. The summed E-state index contributed by atoms with van der Waals surface area (Å²) in [6.07, 6.45) is -2.37. The van der Waals surface area contributed by atoms with Crippen LogP contribution in [0.2, 0.25) is 5.15 Å². The van der Waals surface area contributed by atoms with E-state index >= 15 is 0 Å². The molecule has 0 bridgehead atoms. The standard InChI is InChI=1S/C11H12ClF3N6/c1-3-21-8(12)7(5-18-21)19-10-17-4-6(11(13,14)15)9(16-2)20-10/h4-5H,3H2,1-2H3,(H2,16,17,19,20). The van der Waals surface area contributed by atoms with E-state index in [1.54, 1.807) is 0 Å². The maximum absolute atomic E-state index is 12.7. The van der Waals surface area contributed by atoms with Gasteiger partial charge in [0, 0.05) is 19.8 Å². The average molecular weight is 321 g/mol. The molecule has 2 aromatic rings. The summed E-state index contributed by atoms with van der Waals surface area (Å²) < 4.78 is 39.7. The molecule has 0 fully saturated rings. The van der Waals surface area contributed by atoms with Crippen LogP contribution in [0.4, 0.5) is 30.6 Å². The molecule has 2 rings (SSSR count). The number of aryl methyl sites for hydroxylation is 1. The second-order valence-electron chi connectivity index (χ2n) is 3.99. The molecule has 10 heteroatoms. The summed E-state index contributed by atoms with van der Waals surface area (Å²) in [5.41, 5.74) is -0.522. The first-order chi connectivity index (χ1) is 9.86. The Kier molecular flexibility index (Phi) is 4.21. The Hall–Kier alpha value is -2.03. The zero-order chi connectivity index (χ0) is 15.6. The molecule has 6 nitrogen and oxygen atoms in total. The van der Waals surface area contributed by atoms with E-state index < -0.39 is 11.7 Å². The van der Waals surface area contributed by atoms with E-state index in [1.807, 2.05) is 6.92 Å². The minimum absolute atomic E-state index is 0.00935. The topological polar surface area (TPSA) is 67.7 Å². The molecule has 0 unspecified atom stereocenters. The quantitative estimate of drug-likeness (QED) is 0.905. The van der Waals surface area contributed by atoms with Crippen molar-refractivity contribution in [3.63, 3.8) is 0 Å². The van der Waals surface area contributed by atoms with Gasteiger partial charge in [-0.15, -0.1) is 0 Å². The van der Waals surface area contributed by atoms with E-state index in [4.69, 9.17) is 11.6 Å². The van der Waals surface area contributed by atoms with E-state index in [0.717, 1.165) is 0 Å². The summed E-state index contributed by atoms with van der Waals surface area (Å²) >= 11 is 6.04. The zero-order valence-corrected chi connectivity index (χ0v) is 11.9. The van der Waals surface area contributed by atoms with Crippen LogP contribution >= 0.6 is 11.6 Å². The molecule has 0 atom stereocenters. The second-order valence-corrected chi connectivity index (χ2v) is 4.35. The molecular weight excluding hydrogens is 309 g/mol. The first kappa shape index (κ1) is 15.4. The molecule has 2 heterocycles. The Morgan fingerprint density at radius 1 is 1.33 bits per heavy atom. The van der Waals surface area contributed by atoms with Crippen LogP contribution in [0.5, 0.6) is 0 Å². The van der Waals surface area contributed by atoms with Crippen molar-refractivity contribution in [1.82, 2.24) is 19.7 Å². The first-order valence-corrected chi connectivity index (χ1v) is 6.35. The Bertz CT molecular complexity index is 639. The number of aromatic nitrogens is 4. The minimum Gasteiger partial charge on any atom is -0.372 e. The van der Waals surface area contributed by atoms with Crippen LogP contribution in [0.25, 0.3) is 0 Å². The fourth-order valence-corrected chi connectivity index (χ4v) is 1.89. The van der Waals surface area contributed by atoms with Gasteiger partial charge in [-0.25, -0.2) is 4.98 Å². The van der Waals surface area contributed by atoms with Crippen LogP contribution in [-0.2, 0) is 12.7 Å². The maximum Gasteiger partial charge on any atom is 0.421 e. The molecule has 0 aliphatic rings. The summed E-state index contributed by atoms with van der Waals surface area (Å²) in [7, 11) is 1.35. The van der Waals surface area contributed by atoms with Gasteiger partial charge in [0.2, 0.25) is 5.95 Å². The van der Waals surface area contributed by atoms with Crippen molar-refractivity contribution in [2.45, 2.75) is 19.6 Å². The molecule has 0 saturated heterocycles. The van der Waals surface area contributed by atoms with Gasteiger partial charge in [0.25, 0.3) is 0 Å². The highest BCUT2D eigenvalue weighted by atomic mass is 35.5. The van der Waals surface area contributed by atoms with Crippen molar-refractivity contribution in [3.8, 4) is 0 Å². The van der Waals surface area contributed by atoms with Crippen LogP contribution in [-0.4, -0.2) is 26.8 Å². The van der Waals surface area contributed by atoms with Crippen molar-refractivity contribution in [1.29, 1.82) is 0 Å². The number of hydrogen-bond acceptors (Lipinski definition) is 5. The Morgan fingerprint density at radius 2 is 2.05 bits per heavy atom. The molecule has 114 valence electrons. The van der Waals surface area contributed by atoms with Gasteiger partial charge in [-0.3, -0.25) is 4.68 Å². The summed E-state index contributed by atoms with van der Waals surface area (Å²) in [6, 6.07) is 0. The molecule has 21 heavy (non-hydrogen) atoms. The molecule has 2 aromatic heterocycles. The van der Waals surface area contributed by atoms with Crippen molar-refractivity contribution >= 4 is 29.1 Å². The van der Waals surface area contributed by atoms with Gasteiger partial charge in [0.15, 0.2) is 5.15 Å². The van der Waals surface area contributed by atoms with E-state index in [1.165, 1.54) is 17.9 Å². The maximum atomic E-state index is 12.7. The zero-order valence-electron chi connectivity index (χ0n) is 11.2. The van der Waals surface area contributed by atoms with Gasteiger partial charge >= 0.3 is 6.18 Å². The molecule has 0 saturated carbocycles. The number of halogens is 4. The highest BCUT2D eigenvalue weighted by molar-refractivity contribution is 6.32. The van der Waals surface area contributed by atoms with Crippen LogP contribution in [0.1, 0.15) is 12.5 Å². The van der Waals surface area contributed by atoms with Crippen LogP contribution in [0.15, 0.2) is 12.4 Å². The van der Waals surface area contributed by atoms with Crippen molar-refractivity contribution in [2.75, 3.05) is 17.7 Å². The fourth-order valence-electron chi connectivity index (χ4n) is 1.64. The summed E-state index contributed by atoms with van der Waals surface area (Å²) in [4.78, 5) is 7.43. The predicted molar refractivity (Wildman–Crippen MR) is 72.8 cm³/mol. The Balaban J connectivity index is 2.31. The molecule has 0 aliphatic heterocycles. The molecule has 0 amide bonds. The van der Waals surface area contributed by atoms with Gasteiger partial charge in [-0.2, -0.15) is 23.3 Å². The Labute approximate surface area is 123 Å². The highest BCUT2D eigenvalue weighted by Crippen LogP contribution is 2.34. The summed E-state index contributed by atoms with van der Waals surface area (Å²) in [5.74, 6) is -0.330. The van der Waals surface area contributed by atoms with Gasteiger partial charge in [0.05, 0.1) is 11.9 Å². The largest absolute Gasteiger partial charge is 0.421 e. The molecular formula is C11H12ClF3N6. The minimum atomic E-state index is -4.53. The monoisotopic (exact) mass is 320 g/mol. The number of nitrogens with zero attached hydrogens (tertiary/aromatic N) is 4. The van der Waals surface area contributed by atoms with Gasteiger partial charge in [-0.05, 0) is 6.92 Å². The van der Waals surface area contributed by atoms with E-state index in [2.05, 4.69) is 25.7 Å². The number of hydrogen-bond donors (Lipinski definition) is 2. The molecule has 0 radical (unpaired) electrons. The Morgan fingerprint density at radius 3 is 2.57 bits per heavy atom. The third kappa shape index (κ3) is 3.18. The third-order valence-electron chi connectivity index (χ3n) is 2.65. The number of rotatable bonds is 4. The molecule has 0 spiro atoms. The lowest BCUT2D eigenvalue weighted by Gasteiger charge is -2.12. The van der Waals surface area contributed by atoms with Crippen molar-refractivity contribution in [3.05, 3.63) is 23.1 Å². The van der Waals surface area contributed by atoms with Crippen molar-refractivity contribution < 1.29 is 13.2 Å². The molecule has 2 N–H and O–H groups in total. The van der Waals surface area contributed by atoms with Gasteiger partial charge in [0.1, 0.15) is 11.4 Å². The van der Waals surface area contributed by atoms with Crippen LogP contribution < -0.4 is 10.6 Å². The van der Waals surface area contributed by atoms with E-state index in [-0.39, 0.29) is 11.8 Å². The summed E-state index contributed by atoms with van der Waals surface area (Å²) in [6.45, 7) is 2.42. The SMILES string of the molecule is CCn1ncc(Nc2ncc(C(F)(F)F)c(NC)n2)c1Cl. The predicted octanol–water partition coefficient (Wildman–Crippen LogP) is 3.15. The van der Waals surface area contributed by atoms with E-state index in [9.17, 15) is 13.2 Å². The smallest absolute Gasteiger partial charge is 0.372 e.